The number of rotatable bonds is 2. The number of hydrogen-bond acceptors (Lipinski definition) is 2. The van der Waals surface area contributed by atoms with Gasteiger partial charge in [-0.3, -0.25) is 4.79 Å². The van der Waals surface area contributed by atoms with E-state index >= 15 is 0 Å². The summed E-state index contributed by atoms with van der Waals surface area (Å²) >= 11 is 0. The Kier molecular flexibility index (Phi) is 1.60. The molecule has 2 N–H and O–H groups in total. The Labute approximate surface area is 82.1 Å². The van der Waals surface area contributed by atoms with Gasteiger partial charge in [-0.15, -0.1) is 0 Å². The standard InChI is InChI=1S/C9H14N2O3/c1-11(2)6(12)8-3-9(4-8,5-8)10-7(13)14/h10H,3-5H2,1-2H3,(H,13,14). The molecule has 78 valence electrons. The molecule has 14 heavy (non-hydrogen) atoms. The Bertz CT molecular complexity index is 291. The molecule has 0 unspecified atom stereocenters. The van der Waals surface area contributed by atoms with Crippen LogP contribution < -0.4 is 5.32 Å². The monoisotopic (exact) mass is 198 g/mol. The first kappa shape index (κ1) is 9.30. The largest absolute Gasteiger partial charge is 0.465 e. The molecule has 5 nitrogen and oxygen atoms in total. The highest BCUT2D eigenvalue weighted by molar-refractivity contribution is 5.87. The Balaban J connectivity index is 1.94. The maximum absolute atomic E-state index is 11.7. The molecule has 3 aliphatic rings. The molecule has 0 spiro atoms. The van der Waals surface area contributed by atoms with Crippen molar-refractivity contribution in [2.45, 2.75) is 24.8 Å². The summed E-state index contributed by atoms with van der Waals surface area (Å²) < 4.78 is 0. The molecule has 5 heteroatoms. The predicted molar refractivity (Wildman–Crippen MR) is 48.9 cm³/mol. The molecule has 2 amide bonds. The van der Waals surface area contributed by atoms with Gasteiger partial charge in [0, 0.05) is 19.6 Å². The van der Waals surface area contributed by atoms with Gasteiger partial charge in [0.25, 0.3) is 0 Å². The highest BCUT2D eigenvalue weighted by Crippen LogP contribution is 2.67. The van der Waals surface area contributed by atoms with Crippen LogP contribution in [0, 0.1) is 5.41 Å². The van der Waals surface area contributed by atoms with Crippen LogP contribution in [0.4, 0.5) is 4.79 Å². The van der Waals surface area contributed by atoms with E-state index < -0.39 is 6.09 Å². The maximum atomic E-state index is 11.7. The number of carbonyl (C=O) groups is 2. The van der Waals surface area contributed by atoms with Crippen molar-refractivity contribution in [3.8, 4) is 0 Å². The molecule has 0 aromatic carbocycles. The van der Waals surface area contributed by atoms with Gasteiger partial charge in [-0.2, -0.15) is 0 Å². The molecule has 0 aliphatic heterocycles. The fraction of sp³-hybridized carbons (Fsp3) is 0.778. The van der Waals surface area contributed by atoms with Crippen LogP contribution in [-0.2, 0) is 4.79 Å². The minimum Gasteiger partial charge on any atom is -0.465 e. The van der Waals surface area contributed by atoms with Crippen LogP contribution in [0.2, 0.25) is 0 Å². The summed E-state index contributed by atoms with van der Waals surface area (Å²) in [7, 11) is 3.47. The Hall–Kier alpha value is -1.26. The lowest BCUT2D eigenvalue weighted by Gasteiger charge is -2.69. The molecule has 0 saturated heterocycles. The molecule has 3 rings (SSSR count). The van der Waals surface area contributed by atoms with Crippen molar-refractivity contribution in [2.24, 2.45) is 5.41 Å². The summed E-state index contributed by atoms with van der Waals surface area (Å²) in [5.74, 6) is 0.131. The van der Waals surface area contributed by atoms with Crippen LogP contribution in [0.1, 0.15) is 19.3 Å². The lowest BCUT2D eigenvalue weighted by atomic mass is 9.39. The third kappa shape index (κ3) is 1.01. The van der Waals surface area contributed by atoms with Gasteiger partial charge in [-0.1, -0.05) is 0 Å². The van der Waals surface area contributed by atoms with E-state index in [1.54, 1.807) is 19.0 Å². The van der Waals surface area contributed by atoms with Crippen molar-refractivity contribution in [1.29, 1.82) is 0 Å². The molecular formula is C9H14N2O3. The summed E-state index contributed by atoms with van der Waals surface area (Å²) in [5.41, 5.74) is -0.524. The summed E-state index contributed by atoms with van der Waals surface area (Å²) in [6, 6.07) is 0. The van der Waals surface area contributed by atoms with E-state index in [9.17, 15) is 9.59 Å². The zero-order valence-corrected chi connectivity index (χ0v) is 8.33. The van der Waals surface area contributed by atoms with Crippen molar-refractivity contribution in [1.82, 2.24) is 10.2 Å². The molecule has 3 fully saturated rings. The molecular weight excluding hydrogens is 184 g/mol. The van der Waals surface area contributed by atoms with Crippen LogP contribution in [0.25, 0.3) is 0 Å². The number of nitrogens with zero attached hydrogens (tertiary/aromatic N) is 1. The van der Waals surface area contributed by atoms with E-state index in [4.69, 9.17) is 5.11 Å². The van der Waals surface area contributed by atoms with Crippen molar-refractivity contribution < 1.29 is 14.7 Å². The van der Waals surface area contributed by atoms with Crippen molar-refractivity contribution in [2.75, 3.05) is 14.1 Å². The van der Waals surface area contributed by atoms with Gasteiger partial charge < -0.3 is 15.3 Å². The molecule has 0 atom stereocenters. The average molecular weight is 198 g/mol. The van der Waals surface area contributed by atoms with Crippen LogP contribution in [0.15, 0.2) is 0 Å². The lowest BCUT2D eigenvalue weighted by Crippen LogP contribution is -2.78. The van der Waals surface area contributed by atoms with E-state index in [1.165, 1.54) is 0 Å². The number of hydrogen-bond donors (Lipinski definition) is 2. The molecule has 0 aromatic heterocycles. The van der Waals surface area contributed by atoms with E-state index in [0.717, 1.165) is 0 Å². The Morgan fingerprint density at radius 1 is 1.29 bits per heavy atom. The highest BCUT2D eigenvalue weighted by atomic mass is 16.4. The normalized spacial score (nSPS) is 37.9. The zero-order valence-electron chi connectivity index (χ0n) is 8.33. The Morgan fingerprint density at radius 3 is 2.14 bits per heavy atom. The first-order chi connectivity index (χ1) is 6.39. The van der Waals surface area contributed by atoms with Gasteiger partial charge in [0.2, 0.25) is 5.91 Å². The quantitative estimate of drug-likeness (QED) is 0.669. The van der Waals surface area contributed by atoms with Gasteiger partial charge in [-0.05, 0) is 19.3 Å². The third-order valence-electron chi connectivity index (χ3n) is 3.26. The van der Waals surface area contributed by atoms with Gasteiger partial charge in [0.15, 0.2) is 0 Å². The molecule has 3 aliphatic carbocycles. The highest BCUT2D eigenvalue weighted by Gasteiger charge is 2.72. The topological polar surface area (TPSA) is 69.6 Å². The first-order valence-electron chi connectivity index (χ1n) is 4.62. The van der Waals surface area contributed by atoms with E-state index in [0.29, 0.717) is 19.3 Å². The van der Waals surface area contributed by atoms with Crippen molar-refractivity contribution >= 4 is 12.0 Å². The van der Waals surface area contributed by atoms with E-state index in [2.05, 4.69) is 5.32 Å². The van der Waals surface area contributed by atoms with Gasteiger partial charge in [-0.25, -0.2) is 4.79 Å². The number of nitrogens with one attached hydrogen (secondary N) is 1. The number of carbonyl (C=O) groups excluding carboxylic acids is 1. The SMILES string of the molecule is CN(C)C(=O)C12CC(NC(=O)O)(C1)C2. The average Bonchev–Trinajstić information content (AvgIpc) is 1.91. The molecule has 0 aromatic rings. The maximum Gasteiger partial charge on any atom is 0.405 e. The third-order valence-corrected chi connectivity index (χ3v) is 3.26. The summed E-state index contributed by atoms with van der Waals surface area (Å²) in [4.78, 5) is 23.7. The molecule has 3 saturated carbocycles. The van der Waals surface area contributed by atoms with Gasteiger partial charge in [0.05, 0.1) is 5.41 Å². The predicted octanol–water partition coefficient (Wildman–Crippen LogP) is 0.265. The lowest BCUT2D eigenvalue weighted by molar-refractivity contribution is -0.187. The fourth-order valence-corrected chi connectivity index (χ4v) is 2.85. The minimum absolute atomic E-state index is 0.131. The number of carboxylic acid groups (broad SMARTS) is 1. The van der Waals surface area contributed by atoms with Crippen molar-refractivity contribution in [3.63, 3.8) is 0 Å². The van der Waals surface area contributed by atoms with Crippen LogP contribution in [0.5, 0.6) is 0 Å². The van der Waals surface area contributed by atoms with E-state index in [1.807, 2.05) is 0 Å². The number of amides is 2. The Morgan fingerprint density at radius 2 is 1.79 bits per heavy atom. The van der Waals surface area contributed by atoms with E-state index in [-0.39, 0.29) is 16.9 Å². The second kappa shape index (κ2) is 2.40. The first-order valence-corrected chi connectivity index (χ1v) is 4.62. The second-order valence-corrected chi connectivity index (χ2v) is 4.72. The summed E-state index contributed by atoms with van der Waals surface area (Å²) in [6.07, 6.45) is 1.02. The van der Waals surface area contributed by atoms with Crippen molar-refractivity contribution in [3.05, 3.63) is 0 Å². The molecule has 0 radical (unpaired) electrons. The fourth-order valence-electron chi connectivity index (χ4n) is 2.85. The summed E-state index contributed by atoms with van der Waals surface area (Å²) in [6.45, 7) is 0. The zero-order chi connectivity index (χ0) is 10.6. The minimum atomic E-state index is -0.990. The smallest absolute Gasteiger partial charge is 0.405 e. The van der Waals surface area contributed by atoms with Crippen LogP contribution >= 0.6 is 0 Å². The van der Waals surface area contributed by atoms with Crippen LogP contribution in [0.3, 0.4) is 0 Å². The molecule has 2 bridgehead atoms. The van der Waals surface area contributed by atoms with Gasteiger partial charge in [0.1, 0.15) is 0 Å². The van der Waals surface area contributed by atoms with Gasteiger partial charge >= 0.3 is 6.09 Å². The summed E-state index contributed by atoms with van der Waals surface area (Å²) in [5, 5.41) is 11.1. The second-order valence-electron chi connectivity index (χ2n) is 4.72. The van der Waals surface area contributed by atoms with Crippen LogP contribution in [-0.4, -0.2) is 41.6 Å². The molecule has 0 heterocycles.